The van der Waals surface area contributed by atoms with Crippen LogP contribution in [0, 0.1) is 10.1 Å². The number of nitrogens with zero attached hydrogens (tertiary/aromatic N) is 1. The van der Waals surface area contributed by atoms with Crippen molar-refractivity contribution >= 4 is 27.3 Å². The van der Waals surface area contributed by atoms with Crippen LogP contribution in [0.3, 0.4) is 0 Å². The molecule has 0 saturated carbocycles. The van der Waals surface area contributed by atoms with E-state index in [0.717, 1.165) is 29.4 Å². The maximum atomic E-state index is 10.6. The molecule has 0 saturated heterocycles. The molecule has 1 N–H and O–H groups in total. The summed E-state index contributed by atoms with van der Waals surface area (Å²) in [4.78, 5) is 10.2. The Bertz CT molecular complexity index is 395. The number of fused-ring (bicyclic) bond motifs is 1. The molecule has 15 heavy (non-hydrogen) atoms. The van der Waals surface area contributed by atoms with E-state index in [1.807, 2.05) is 0 Å². The average molecular weight is 271 g/mol. The Hall–Kier alpha value is -1.10. The summed E-state index contributed by atoms with van der Waals surface area (Å²) < 4.78 is 0. The van der Waals surface area contributed by atoms with Gasteiger partial charge in [0.25, 0.3) is 5.69 Å². The number of nitro groups is 1. The van der Waals surface area contributed by atoms with Crippen molar-refractivity contribution in [1.29, 1.82) is 0 Å². The molecule has 1 heterocycles. The van der Waals surface area contributed by atoms with Crippen LogP contribution in [0.25, 0.3) is 0 Å². The van der Waals surface area contributed by atoms with Crippen molar-refractivity contribution in [3.8, 4) is 0 Å². The first-order chi connectivity index (χ1) is 7.20. The number of nitro benzene ring substituents is 1. The number of alkyl halides is 1. The van der Waals surface area contributed by atoms with Gasteiger partial charge in [-0.25, -0.2) is 0 Å². The lowest BCUT2D eigenvalue weighted by atomic mass is 9.98. The summed E-state index contributed by atoms with van der Waals surface area (Å²) in [7, 11) is 0. The Balaban J connectivity index is 2.28. The van der Waals surface area contributed by atoms with Crippen LogP contribution in [0.1, 0.15) is 12.0 Å². The molecule has 0 fully saturated rings. The van der Waals surface area contributed by atoms with Crippen molar-refractivity contribution in [1.82, 2.24) is 0 Å². The normalized spacial score (nSPS) is 19.1. The van der Waals surface area contributed by atoms with E-state index < -0.39 is 0 Å². The Morgan fingerprint density at radius 1 is 1.60 bits per heavy atom. The summed E-state index contributed by atoms with van der Waals surface area (Å²) in [5, 5.41) is 14.8. The topological polar surface area (TPSA) is 55.2 Å². The zero-order valence-corrected chi connectivity index (χ0v) is 9.66. The Kier molecular flexibility index (Phi) is 2.90. The molecular formula is C10H11BrN2O2. The summed E-state index contributed by atoms with van der Waals surface area (Å²) in [5.41, 5.74) is 2.24. The van der Waals surface area contributed by atoms with E-state index in [4.69, 9.17) is 0 Å². The van der Waals surface area contributed by atoms with E-state index >= 15 is 0 Å². The summed E-state index contributed by atoms with van der Waals surface area (Å²) in [6.07, 6.45) is 1.92. The maximum Gasteiger partial charge on any atom is 0.269 e. The molecule has 1 aromatic carbocycles. The van der Waals surface area contributed by atoms with Crippen LogP contribution < -0.4 is 5.32 Å². The van der Waals surface area contributed by atoms with Gasteiger partial charge >= 0.3 is 0 Å². The van der Waals surface area contributed by atoms with E-state index in [9.17, 15) is 10.1 Å². The minimum absolute atomic E-state index is 0.174. The molecule has 4 nitrogen and oxygen atoms in total. The van der Waals surface area contributed by atoms with Gasteiger partial charge in [0.15, 0.2) is 0 Å². The zero-order chi connectivity index (χ0) is 10.8. The van der Waals surface area contributed by atoms with Crippen molar-refractivity contribution in [3.63, 3.8) is 0 Å². The van der Waals surface area contributed by atoms with Gasteiger partial charge in [0.1, 0.15) is 0 Å². The number of hydrogen-bond acceptors (Lipinski definition) is 3. The van der Waals surface area contributed by atoms with Crippen LogP contribution in [-0.4, -0.2) is 16.3 Å². The lowest BCUT2D eigenvalue weighted by Crippen LogP contribution is -2.26. The highest BCUT2D eigenvalue weighted by Crippen LogP contribution is 2.28. The van der Waals surface area contributed by atoms with E-state index in [2.05, 4.69) is 21.2 Å². The Morgan fingerprint density at radius 2 is 2.40 bits per heavy atom. The van der Waals surface area contributed by atoms with Crippen molar-refractivity contribution in [2.75, 3.05) is 10.6 Å². The summed E-state index contributed by atoms with van der Waals surface area (Å²) in [6.45, 7) is 0. The Morgan fingerprint density at radius 3 is 3.07 bits per heavy atom. The maximum absolute atomic E-state index is 10.6. The van der Waals surface area contributed by atoms with Gasteiger partial charge in [-0.3, -0.25) is 10.1 Å². The molecule has 0 unspecified atom stereocenters. The van der Waals surface area contributed by atoms with E-state index in [1.54, 1.807) is 18.2 Å². The van der Waals surface area contributed by atoms with Crippen LogP contribution in [0.5, 0.6) is 0 Å². The monoisotopic (exact) mass is 270 g/mol. The quantitative estimate of drug-likeness (QED) is 0.511. The van der Waals surface area contributed by atoms with E-state index in [-0.39, 0.29) is 10.6 Å². The molecule has 1 aliphatic heterocycles. The number of non-ortho nitro benzene ring substituents is 1. The molecular weight excluding hydrogens is 260 g/mol. The van der Waals surface area contributed by atoms with Gasteiger partial charge in [0, 0.05) is 29.2 Å². The van der Waals surface area contributed by atoms with Gasteiger partial charge in [-0.1, -0.05) is 15.9 Å². The highest BCUT2D eigenvalue weighted by Gasteiger charge is 2.18. The number of hydrogen-bond donors (Lipinski definition) is 1. The molecule has 2 rings (SSSR count). The lowest BCUT2D eigenvalue weighted by Gasteiger charge is -2.25. The van der Waals surface area contributed by atoms with Crippen molar-refractivity contribution in [2.24, 2.45) is 0 Å². The second-order valence-corrected chi connectivity index (χ2v) is 4.28. The number of halogens is 1. The third kappa shape index (κ3) is 2.12. The molecule has 0 aromatic heterocycles. The second kappa shape index (κ2) is 4.18. The van der Waals surface area contributed by atoms with Crippen LogP contribution in [0.15, 0.2) is 18.2 Å². The van der Waals surface area contributed by atoms with Crippen LogP contribution >= 0.6 is 15.9 Å². The standard InChI is InChI=1S/C10H11BrN2O2/c11-6-8-2-1-7-5-9(13(14)15)3-4-10(7)12-8/h3-5,8,12H,1-2,6H2/t8-/m1/s1. The van der Waals surface area contributed by atoms with Gasteiger partial charge in [-0.05, 0) is 24.5 Å². The summed E-state index contributed by atoms with van der Waals surface area (Å²) in [5.74, 6) is 0. The third-order valence-corrected chi connectivity index (χ3v) is 3.39. The number of nitrogens with one attached hydrogen (secondary N) is 1. The molecule has 5 heteroatoms. The minimum Gasteiger partial charge on any atom is -0.381 e. The average Bonchev–Trinajstić information content (AvgIpc) is 2.27. The third-order valence-electron chi connectivity index (χ3n) is 2.61. The summed E-state index contributed by atoms with van der Waals surface area (Å²) >= 11 is 3.43. The molecule has 0 radical (unpaired) electrons. The number of rotatable bonds is 2. The zero-order valence-electron chi connectivity index (χ0n) is 8.07. The fourth-order valence-electron chi connectivity index (χ4n) is 1.78. The first-order valence-corrected chi connectivity index (χ1v) is 5.92. The molecule has 0 spiro atoms. The molecule has 1 aromatic rings. The van der Waals surface area contributed by atoms with Gasteiger partial charge in [-0.15, -0.1) is 0 Å². The first kappa shape index (κ1) is 10.4. The number of benzene rings is 1. The SMILES string of the molecule is O=[N+]([O-])c1ccc2c(c1)CC[C@H](CBr)N2. The summed E-state index contributed by atoms with van der Waals surface area (Å²) in [6, 6.07) is 5.43. The van der Waals surface area contributed by atoms with Crippen LogP contribution in [0.4, 0.5) is 11.4 Å². The first-order valence-electron chi connectivity index (χ1n) is 4.80. The van der Waals surface area contributed by atoms with Crippen molar-refractivity contribution in [2.45, 2.75) is 18.9 Å². The lowest BCUT2D eigenvalue weighted by molar-refractivity contribution is -0.384. The molecule has 1 atom stereocenters. The molecule has 0 aliphatic carbocycles. The second-order valence-electron chi connectivity index (χ2n) is 3.63. The predicted molar refractivity (Wildman–Crippen MR) is 62.6 cm³/mol. The Labute approximate surface area is 96.0 Å². The van der Waals surface area contributed by atoms with Crippen LogP contribution in [-0.2, 0) is 6.42 Å². The minimum atomic E-state index is -0.350. The van der Waals surface area contributed by atoms with Gasteiger partial charge in [0.2, 0.25) is 0 Å². The fourth-order valence-corrected chi connectivity index (χ4v) is 2.26. The van der Waals surface area contributed by atoms with E-state index in [1.165, 1.54) is 0 Å². The van der Waals surface area contributed by atoms with Gasteiger partial charge in [-0.2, -0.15) is 0 Å². The smallest absolute Gasteiger partial charge is 0.269 e. The molecule has 0 bridgehead atoms. The number of anilines is 1. The molecule has 1 aliphatic rings. The van der Waals surface area contributed by atoms with E-state index in [0.29, 0.717) is 6.04 Å². The van der Waals surface area contributed by atoms with Crippen molar-refractivity contribution in [3.05, 3.63) is 33.9 Å². The van der Waals surface area contributed by atoms with Gasteiger partial charge < -0.3 is 5.32 Å². The number of aryl methyl sites for hydroxylation is 1. The van der Waals surface area contributed by atoms with Crippen LogP contribution in [0.2, 0.25) is 0 Å². The van der Waals surface area contributed by atoms with Crippen molar-refractivity contribution < 1.29 is 4.92 Å². The largest absolute Gasteiger partial charge is 0.381 e. The molecule has 0 amide bonds. The highest BCUT2D eigenvalue weighted by atomic mass is 79.9. The van der Waals surface area contributed by atoms with Gasteiger partial charge in [0.05, 0.1) is 4.92 Å². The molecule has 80 valence electrons. The predicted octanol–water partition coefficient (Wildman–Crippen LogP) is 2.72. The highest BCUT2D eigenvalue weighted by molar-refractivity contribution is 9.09. The fraction of sp³-hybridized carbons (Fsp3) is 0.400.